The number of H-pyrrole nitrogens is 1. The van der Waals surface area contributed by atoms with Gasteiger partial charge in [0.05, 0.1) is 0 Å². The number of hydrogen-bond donors (Lipinski definition) is 3. The van der Waals surface area contributed by atoms with Crippen molar-refractivity contribution in [2.75, 3.05) is 26.7 Å². The van der Waals surface area contributed by atoms with Crippen LogP contribution in [0, 0.1) is 12.8 Å². The highest BCUT2D eigenvalue weighted by Gasteiger charge is 2.20. The molecule has 5 nitrogen and oxygen atoms in total. The summed E-state index contributed by atoms with van der Waals surface area (Å²) in [5.41, 5.74) is 5.05. The Kier molecular flexibility index (Phi) is 10.5. The standard InChI is InChI=1S/C13H15N3.C6H13N.C2H6.CH2O/c1-9-7-10(8-16-9)11-4-6-15-13-12(11)3-2-5-14-13;1-6-3-4-7(2)5-6;2*1-2/h2-4,6-8,13-16H,5H2,1H3;6H,3-5H2,1-2H3;1-2H3;1H2. The van der Waals surface area contributed by atoms with Crippen molar-refractivity contribution in [3.63, 3.8) is 0 Å². The number of fused-ring (bicyclic) bond motifs is 1. The molecule has 1 aromatic rings. The number of carbonyl (C=O) groups excluding carboxylic acids is 1. The molecule has 0 bridgehead atoms. The molecule has 5 heteroatoms. The Labute approximate surface area is 164 Å². The quantitative estimate of drug-likeness (QED) is 0.706. The molecule has 0 aliphatic carbocycles. The van der Waals surface area contributed by atoms with Crippen LogP contribution in [0.1, 0.15) is 38.4 Å². The number of carbonyl (C=O) groups is 1. The zero-order valence-electron chi connectivity index (χ0n) is 17.5. The van der Waals surface area contributed by atoms with Crippen LogP contribution in [-0.2, 0) is 4.79 Å². The third-order valence-corrected chi connectivity index (χ3v) is 4.64. The number of dihydropyridines is 1. The first-order valence-corrected chi connectivity index (χ1v) is 9.83. The Morgan fingerprint density at radius 1 is 1.22 bits per heavy atom. The summed E-state index contributed by atoms with van der Waals surface area (Å²) in [6, 6.07) is 2.18. The molecule has 3 N–H and O–H groups in total. The van der Waals surface area contributed by atoms with Crippen molar-refractivity contribution in [1.82, 2.24) is 20.5 Å². The van der Waals surface area contributed by atoms with Crippen LogP contribution in [0.4, 0.5) is 0 Å². The minimum Gasteiger partial charge on any atom is -0.372 e. The molecule has 0 spiro atoms. The Morgan fingerprint density at radius 3 is 2.48 bits per heavy atom. The van der Waals surface area contributed by atoms with Crippen LogP contribution in [0.15, 0.2) is 42.3 Å². The molecule has 4 rings (SSSR count). The molecule has 3 aliphatic rings. The number of aromatic amines is 1. The van der Waals surface area contributed by atoms with Crippen LogP contribution in [0.3, 0.4) is 0 Å². The first kappa shape index (κ1) is 22.9. The van der Waals surface area contributed by atoms with E-state index in [2.05, 4.69) is 71.9 Å². The van der Waals surface area contributed by atoms with Crippen LogP contribution >= 0.6 is 0 Å². The van der Waals surface area contributed by atoms with E-state index in [1.165, 1.54) is 41.9 Å². The van der Waals surface area contributed by atoms with Crippen LogP contribution < -0.4 is 10.6 Å². The number of nitrogens with zero attached hydrogens (tertiary/aromatic N) is 1. The lowest BCUT2D eigenvalue weighted by Crippen LogP contribution is -2.44. The van der Waals surface area contributed by atoms with Gasteiger partial charge in [0.1, 0.15) is 13.0 Å². The van der Waals surface area contributed by atoms with Crippen LogP contribution in [0.25, 0.3) is 5.57 Å². The fourth-order valence-corrected chi connectivity index (χ4v) is 3.38. The van der Waals surface area contributed by atoms with Gasteiger partial charge in [0, 0.05) is 25.0 Å². The van der Waals surface area contributed by atoms with Gasteiger partial charge >= 0.3 is 0 Å². The van der Waals surface area contributed by atoms with Crippen molar-refractivity contribution < 1.29 is 4.79 Å². The normalized spacial score (nSPS) is 23.0. The first-order valence-electron chi connectivity index (χ1n) is 9.83. The lowest BCUT2D eigenvalue weighted by molar-refractivity contribution is -0.0979. The van der Waals surface area contributed by atoms with E-state index in [-0.39, 0.29) is 6.17 Å². The van der Waals surface area contributed by atoms with E-state index in [9.17, 15) is 0 Å². The topological polar surface area (TPSA) is 60.2 Å². The van der Waals surface area contributed by atoms with Crippen molar-refractivity contribution in [3.05, 3.63) is 53.5 Å². The van der Waals surface area contributed by atoms with Crippen LogP contribution in [-0.4, -0.2) is 49.5 Å². The first-order chi connectivity index (χ1) is 13.1. The van der Waals surface area contributed by atoms with E-state index < -0.39 is 0 Å². The Bertz CT molecular complexity index is 636. The predicted molar refractivity (Wildman–Crippen MR) is 115 cm³/mol. The van der Waals surface area contributed by atoms with E-state index in [1.807, 2.05) is 26.8 Å². The molecule has 150 valence electrons. The summed E-state index contributed by atoms with van der Waals surface area (Å²) in [4.78, 5) is 13.6. The van der Waals surface area contributed by atoms with E-state index in [1.54, 1.807) is 0 Å². The molecular weight excluding hydrogens is 336 g/mol. The Balaban J connectivity index is 0.000000279. The van der Waals surface area contributed by atoms with Gasteiger partial charge < -0.3 is 20.0 Å². The van der Waals surface area contributed by atoms with Crippen LogP contribution in [0.2, 0.25) is 0 Å². The van der Waals surface area contributed by atoms with E-state index in [0.29, 0.717) is 0 Å². The van der Waals surface area contributed by atoms with Crippen LogP contribution in [0.5, 0.6) is 0 Å². The molecule has 3 aliphatic heterocycles. The molecular formula is C22H36N4O. The zero-order chi connectivity index (χ0) is 20.2. The highest BCUT2D eigenvalue weighted by atomic mass is 16.1. The van der Waals surface area contributed by atoms with E-state index >= 15 is 0 Å². The lowest BCUT2D eigenvalue weighted by Gasteiger charge is -2.28. The third kappa shape index (κ3) is 6.85. The Morgan fingerprint density at radius 2 is 1.96 bits per heavy atom. The molecule has 0 saturated carbocycles. The van der Waals surface area contributed by atoms with Crippen molar-refractivity contribution in [3.8, 4) is 0 Å². The molecule has 2 atom stereocenters. The lowest BCUT2D eigenvalue weighted by atomic mass is 9.95. The third-order valence-electron chi connectivity index (χ3n) is 4.64. The SMILES string of the molecule is C=O.CC.CC1CCN(C)C1.Cc1cc(C2=C3C=CCNC3NC=C2)c[nH]1. The Hall–Kier alpha value is -2.11. The molecule has 1 saturated heterocycles. The van der Waals surface area contributed by atoms with Crippen molar-refractivity contribution >= 4 is 12.4 Å². The number of aromatic nitrogens is 1. The fraction of sp³-hybridized carbons (Fsp3) is 0.500. The predicted octanol–water partition coefficient (Wildman–Crippen LogP) is 3.48. The van der Waals surface area contributed by atoms with Gasteiger partial charge in [-0.15, -0.1) is 0 Å². The minimum absolute atomic E-state index is 0.250. The maximum atomic E-state index is 8.00. The van der Waals surface area contributed by atoms with Crippen molar-refractivity contribution in [2.45, 2.75) is 40.3 Å². The second kappa shape index (κ2) is 12.3. The van der Waals surface area contributed by atoms with Crippen molar-refractivity contribution in [2.24, 2.45) is 5.92 Å². The molecule has 4 heterocycles. The number of aryl methyl sites for hydroxylation is 1. The van der Waals surface area contributed by atoms with Gasteiger partial charge in [0.25, 0.3) is 0 Å². The van der Waals surface area contributed by atoms with E-state index in [0.717, 1.165) is 12.5 Å². The molecule has 1 fully saturated rings. The second-order valence-corrected chi connectivity index (χ2v) is 6.84. The maximum absolute atomic E-state index is 8.00. The minimum atomic E-state index is 0.250. The number of rotatable bonds is 1. The van der Waals surface area contributed by atoms with Crippen molar-refractivity contribution in [1.29, 1.82) is 0 Å². The average Bonchev–Trinajstić information content (AvgIpc) is 3.32. The smallest absolute Gasteiger partial charge is 0.106 e. The number of allylic oxidation sites excluding steroid dienone is 2. The van der Waals surface area contributed by atoms with Gasteiger partial charge in [-0.25, -0.2) is 0 Å². The molecule has 2 unspecified atom stereocenters. The number of likely N-dealkylation sites (tertiary alicyclic amines) is 1. The molecule has 0 aromatic carbocycles. The summed E-state index contributed by atoms with van der Waals surface area (Å²) < 4.78 is 0. The zero-order valence-corrected chi connectivity index (χ0v) is 17.5. The van der Waals surface area contributed by atoms with Gasteiger partial charge in [-0.3, -0.25) is 5.32 Å². The molecule has 1 aromatic heterocycles. The summed E-state index contributed by atoms with van der Waals surface area (Å²) in [6.07, 6.45) is 12.2. The highest BCUT2D eigenvalue weighted by molar-refractivity contribution is 5.80. The number of hydrogen-bond acceptors (Lipinski definition) is 4. The summed E-state index contributed by atoms with van der Waals surface area (Å²) >= 11 is 0. The summed E-state index contributed by atoms with van der Waals surface area (Å²) in [6.45, 7) is 13.9. The largest absolute Gasteiger partial charge is 0.372 e. The summed E-state index contributed by atoms with van der Waals surface area (Å²) in [7, 11) is 2.18. The van der Waals surface area contributed by atoms with Gasteiger partial charge in [-0.05, 0) is 67.9 Å². The highest BCUT2D eigenvalue weighted by Crippen LogP contribution is 2.26. The number of nitrogens with one attached hydrogen (secondary N) is 3. The van der Waals surface area contributed by atoms with Gasteiger partial charge in [0.2, 0.25) is 0 Å². The molecule has 0 radical (unpaired) electrons. The second-order valence-electron chi connectivity index (χ2n) is 6.84. The fourth-order valence-electron chi connectivity index (χ4n) is 3.38. The average molecular weight is 373 g/mol. The summed E-state index contributed by atoms with van der Waals surface area (Å²) in [5, 5.41) is 6.73. The van der Waals surface area contributed by atoms with E-state index in [4.69, 9.17) is 4.79 Å². The van der Waals surface area contributed by atoms with Gasteiger partial charge in [-0.2, -0.15) is 0 Å². The summed E-state index contributed by atoms with van der Waals surface area (Å²) in [5.74, 6) is 0.949. The van der Waals surface area contributed by atoms with Gasteiger partial charge in [-0.1, -0.05) is 32.9 Å². The monoisotopic (exact) mass is 372 g/mol. The molecule has 0 amide bonds. The molecule has 27 heavy (non-hydrogen) atoms. The maximum Gasteiger partial charge on any atom is 0.106 e. The van der Waals surface area contributed by atoms with Gasteiger partial charge in [0.15, 0.2) is 0 Å².